The Bertz CT molecular complexity index is 2070. The molecule has 0 saturated carbocycles. The van der Waals surface area contributed by atoms with Crippen molar-refractivity contribution in [1.82, 2.24) is 26.2 Å². The summed E-state index contributed by atoms with van der Waals surface area (Å²) in [5.41, 5.74) is 13.6. The van der Waals surface area contributed by atoms with Gasteiger partial charge in [0.15, 0.2) is 5.96 Å². The minimum Gasteiger partial charge on any atom is -0.481 e. The molecule has 6 atom stereocenters. The molecular formula is C43H51F3N8O9. The molecule has 2 saturated heterocycles. The largest absolute Gasteiger partial charge is 0.490 e. The van der Waals surface area contributed by atoms with E-state index in [1.807, 2.05) is 66.7 Å². The first kappa shape index (κ1) is 48.7. The van der Waals surface area contributed by atoms with Gasteiger partial charge in [-0.15, -0.1) is 0 Å². The van der Waals surface area contributed by atoms with E-state index >= 15 is 0 Å². The van der Waals surface area contributed by atoms with Crippen molar-refractivity contribution in [2.45, 2.75) is 94.3 Å². The Balaban J connectivity index is 0.00000115. The summed E-state index contributed by atoms with van der Waals surface area (Å²) in [6.45, 7) is 0.243. The van der Waals surface area contributed by atoms with E-state index in [1.165, 1.54) is 0 Å². The number of fused-ring (bicyclic) bond motifs is 1. The fourth-order valence-corrected chi connectivity index (χ4v) is 7.48. The summed E-state index contributed by atoms with van der Waals surface area (Å²) in [6.07, 6.45) is -3.51. The van der Waals surface area contributed by atoms with Crippen LogP contribution in [0.5, 0.6) is 0 Å². The number of carbonyl (C=O) groups is 7. The number of amides is 5. The highest BCUT2D eigenvalue weighted by atomic mass is 19.4. The average Bonchev–Trinajstić information content (AvgIpc) is 3.61. The van der Waals surface area contributed by atoms with Crippen molar-refractivity contribution < 1.29 is 56.9 Å². The number of carboxylic acid groups (broad SMARTS) is 2. The highest BCUT2D eigenvalue weighted by molar-refractivity contribution is 5.97. The van der Waals surface area contributed by atoms with Crippen molar-refractivity contribution in [2.24, 2.45) is 22.4 Å². The normalized spacial score (nSPS) is 18.8. The minimum absolute atomic E-state index is 0.0372. The number of benzene rings is 3. The third kappa shape index (κ3) is 15.5. The summed E-state index contributed by atoms with van der Waals surface area (Å²) in [7, 11) is 0. The number of alkyl halides is 3. The molecule has 17 nitrogen and oxygen atoms in total. The van der Waals surface area contributed by atoms with Crippen LogP contribution in [-0.4, -0.2) is 105 Å². The number of aliphatic imine (C=N–C) groups is 1. The van der Waals surface area contributed by atoms with E-state index in [-0.39, 0.29) is 62.1 Å². The molecule has 0 bridgehead atoms. The molecule has 0 radical (unpaired) electrons. The van der Waals surface area contributed by atoms with Crippen LogP contribution in [-0.2, 0) is 52.9 Å². The Hall–Kier alpha value is -6.99. The van der Waals surface area contributed by atoms with Gasteiger partial charge in [0.1, 0.15) is 24.2 Å². The number of nitrogens with one attached hydrogen (secondary N) is 4. The minimum atomic E-state index is -5.08. The quantitative estimate of drug-likeness (QED) is 0.0518. The van der Waals surface area contributed by atoms with E-state index in [0.717, 1.165) is 16.7 Å². The first-order valence-corrected chi connectivity index (χ1v) is 20.1. The number of aliphatic carboxylic acids is 2. The molecule has 2 aliphatic heterocycles. The molecule has 5 amide bonds. The van der Waals surface area contributed by atoms with Gasteiger partial charge in [-0.05, 0) is 61.1 Å². The topological polar surface area (TPSA) is 276 Å². The molecule has 338 valence electrons. The second-order valence-electron chi connectivity index (χ2n) is 15.0. The van der Waals surface area contributed by atoms with Gasteiger partial charge < -0.3 is 47.8 Å². The smallest absolute Gasteiger partial charge is 0.481 e. The molecule has 5 rings (SSSR count). The Morgan fingerprint density at radius 2 is 1.37 bits per heavy atom. The Kier molecular flexibility index (Phi) is 18.0. The maximum Gasteiger partial charge on any atom is 0.490 e. The van der Waals surface area contributed by atoms with Crippen molar-refractivity contribution in [1.29, 1.82) is 0 Å². The van der Waals surface area contributed by atoms with Crippen LogP contribution < -0.4 is 32.7 Å². The van der Waals surface area contributed by atoms with Crippen molar-refractivity contribution in [2.75, 3.05) is 6.54 Å². The van der Waals surface area contributed by atoms with E-state index in [2.05, 4.69) is 26.3 Å². The van der Waals surface area contributed by atoms with E-state index < -0.39 is 66.4 Å². The fraction of sp³-hybridized carbons (Fsp3) is 0.395. The van der Waals surface area contributed by atoms with E-state index in [0.29, 0.717) is 25.7 Å². The number of carbonyl (C=O) groups excluding carboxylic acids is 5. The Morgan fingerprint density at radius 1 is 0.794 bits per heavy atom. The van der Waals surface area contributed by atoms with Crippen LogP contribution in [0.4, 0.5) is 13.2 Å². The SMILES string of the molecule is NC(N)=NCCC[C@H](NC(=O)[C@@H]1C[C@@H](Cc2ccccc2)C2CC[C@@H](NC(=O)Cc3ccccc3)C(=O)N21)C(=O)N[C@@H](CC(=O)O)C(=O)NCc1ccccc1.O=C(O)C(F)(F)F. The summed E-state index contributed by atoms with van der Waals surface area (Å²) >= 11 is 0. The Morgan fingerprint density at radius 3 is 1.92 bits per heavy atom. The molecule has 20 heteroatoms. The molecular weight excluding hydrogens is 830 g/mol. The van der Waals surface area contributed by atoms with Crippen LogP contribution in [0.3, 0.4) is 0 Å². The summed E-state index contributed by atoms with van der Waals surface area (Å²) in [6, 6.07) is 23.2. The second kappa shape index (κ2) is 23.3. The summed E-state index contributed by atoms with van der Waals surface area (Å²) < 4.78 is 31.7. The van der Waals surface area contributed by atoms with Crippen LogP contribution in [0.25, 0.3) is 0 Å². The molecule has 0 spiro atoms. The summed E-state index contributed by atoms with van der Waals surface area (Å²) in [5.74, 6) is -7.06. The molecule has 0 aromatic heterocycles. The van der Waals surface area contributed by atoms with Crippen molar-refractivity contribution in [3.63, 3.8) is 0 Å². The molecule has 10 N–H and O–H groups in total. The van der Waals surface area contributed by atoms with Crippen LogP contribution in [0, 0.1) is 5.92 Å². The van der Waals surface area contributed by atoms with Gasteiger partial charge in [0.2, 0.25) is 29.5 Å². The number of nitrogens with zero attached hydrogens (tertiary/aromatic N) is 2. The lowest BCUT2D eigenvalue weighted by Crippen LogP contribution is -2.61. The predicted octanol–water partition coefficient (Wildman–Crippen LogP) is 1.78. The Labute approximate surface area is 360 Å². The third-order valence-corrected chi connectivity index (χ3v) is 10.4. The summed E-state index contributed by atoms with van der Waals surface area (Å²) in [5, 5.41) is 27.6. The number of halogens is 3. The van der Waals surface area contributed by atoms with Crippen molar-refractivity contribution in [3.8, 4) is 0 Å². The fourth-order valence-electron chi connectivity index (χ4n) is 7.48. The monoisotopic (exact) mass is 880 g/mol. The number of piperidine rings is 1. The number of guanidine groups is 1. The third-order valence-electron chi connectivity index (χ3n) is 10.4. The molecule has 2 fully saturated rings. The van der Waals surface area contributed by atoms with Crippen LogP contribution in [0.1, 0.15) is 55.2 Å². The first-order chi connectivity index (χ1) is 29.9. The highest BCUT2D eigenvalue weighted by Gasteiger charge is 2.51. The van der Waals surface area contributed by atoms with E-state index in [1.54, 1.807) is 29.2 Å². The molecule has 2 aliphatic rings. The standard InChI is InChI=1S/C41H50N8O7.C2HF3O2/c42-41(43)44-20-10-17-30(38(54)48-32(24-36(51)52)37(53)45-25-28-15-8-3-9-16-28)47-39(55)34-23-29(21-26-11-4-1-5-12-26)33-19-18-31(40(56)49(33)34)46-35(50)22-27-13-6-2-7-14-27;3-2(4,5)1(6)7/h1-9,11-16,29-34H,10,17-25H2,(H,45,53)(H,46,50)(H,47,55)(H,48,54)(H,51,52)(H4,42,43,44);(H,6,7)/t29-,30+,31-,32+,33?,34+;/m1./s1. The highest BCUT2D eigenvalue weighted by Crippen LogP contribution is 2.39. The molecule has 0 aliphatic carbocycles. The number of nitrogens with two attached hydrogens (primary N) is 2. The van der Waals surface area contributed by atoms with E-state index in [9.17, 15) is 47.0 Å². The van der Waals surface area contributed by atoms with Crippen LogP contribution in [0.15, 0.2) is 96.0 Å². The van der Waals surface area contributed by atoms with Crippen LogP contribution in [0.2, 0.25) is 0 Å². The van der Waals surface area contributed by atoms with Gasteiger partial charge in [0.25, 0.3) is 0 Å². The number of carboxylic acids is 2. The zero-order chi connectivity index (χ0) is 46.1. The van der Waals surface area contributed by atoms with Gasteiger partial charge in [-0.1, -0.05) is 91.0 Å². The first-order valence-electron chi connectivity index (χ1n) is 20.1. The predicted molar refractivity (Wildman–Crippen MR) is 222 cm³/mol. The van der Waals surface area contributed by atoms with E-state index in [4.69, 9.17) is 21.4 Å². The zero-order valence-corrected chi connectivity index (χ0v) is 34.1. The van der Waals surface area contributed by atoms with Crippen molar-refractivity contribution >= 4 is 47.4 Å². The van der Waals surface area contributed by atoms with Gasteiger partial charge >= 0.3 is 18.1 Å². The maximum atomic E-state index is 14.3. The number of hydrogen-bond donors (Lipinski definition) is 8. The van der Waals surface area contributed by atoms with Crippen LogP contribution >= 0.6 is 0 Å². The van der Waals surface area contributed by atoms with Gasteiger partial charge in [-0.3, -0.25) is 33.8 Å². The van der Waals surface area contributed by atoms with Gasteiger partial charge in [-0.2, -0.15) is 13.2 Å². The lowest BCUT2D eigenvalue weighted by atomic mass is 9.86. The average molecular weight is 881 g/mol. The molecule has 3 aromatic rings. The lowest BCUT2D eigenvalue weighted by molar-refractivity contribution is -0.192. The number of hydrogen-bond acceptors (Lipinski definition) is 8. The molecule has 63 heavy (non-hydrogen) atoms. The molecule has 2 heterocycles. The van der Waals surface area contributed by atoms with Crippen molar-refractivity contribution in [3.05, 3.63) is 108 Å². The molecule has 1 unspecified atom stereocenters. The lowest BCUT2D eigenvalue weighted by Gasteiger charge is -2.39. The second-order valence-corrected chi connectivity index (χ2v) is 15.0. The van der Waals surface area contributed by atoms with Gasteiger partial charge in [-0.25, -0.2) is 4.79 Å². The zero-order valence-electron chi connectivity index (χ0n) is 34.1. The number of rotatable bonds is 18. The van der Waals surface area contributed by atoms with Gasteiger partial charge in [0, 0.05) is 19.1 Å². The maximum absolute atomic E-state index is 14.3. The molecule has 3 aromatic carbocycles. The van der Waals surface area contributed by atoms with Gasteiger partial charge in [0.05, 0.1) is 12.8 Å². The summed E-state index contributed by atoms with van der Waals surface area (Å²) in [4.78, 5) is 94.8.